The smallest absolute Gasteiger partial charge is 0.233 e. The van der Waals surface area contributed by atoms with Crippen molar-refractivity contribution in [2.45, 2.75) is 24.5 Å². The molecule has 0 saturated heterocycles. The van der Waals surface area contributed by atoms with Crippen LogP contribution in [0.15, 0.2) is 47.5 Å². The van der Waals surface area contributed by atoms with Crippen LogP contribution in [0.5, 0.6) is 11.5 Å². The van der Waals surface area contributed by atoms with E-state index < -0.39 is 0 Å². The van der Waals surface area contributed by atoms with Crippen LogP contribution in [0.1, 0.15) is 18.1 Å². The number of para-hydroxylation sites is 1. The van der Waals surface area contributed by atoms with Crippen molar-refractivity contribution in [3.8, 4) is 11.5 Å². The summed E-state index contributed by atoms with van der Waals surface area (Å²) in [7, 11) is 0. The van der Waals surface area contributed by atoms with Gasteiger partial charge in [0.05, 0.1) is 10.9 Å². The van der Waals surface area contributed by atoms with Gasteiger partial charge < -0.3 is 14.8 Å². The number of fused-ring (bicyclic) bond motifs is 2. The van der Waals surface area contributed by atoms with Crippen LogP contribution in [0.25, 0.3) is 0 Å². The summed E-state index contributed by atoms with van der Waals surface area (Å²) < 4.78 is 11.6. The van der Waals surface area contributed by atoms with Crippen molar-refractivity contribution in [1.29, 1.82) is 0 Å². The van der Waals surface area contributed by atoms with Crippen molar-refractivity contribution < 1.29 is 14.3 Å². The molecule has 0 radical (unpaired) electrons. The fourth-order valence-electron chi connectivity index (χ4n) is 2.66. The number of hydrogen-bond acceptors (Lipinski definition) is 6. The van der Waals surface area contributed by atoms with Gasteiger partial charge in [-0.15, -0.1) is 0 Å². The van der Waals surface area contributed by atoms with Crippen LogP contribution in [0, 0.1) is 0 Å². The summed E-state index contributed by atoms with van der Waals surface area (Å²) in [5.74, 6) is 2.37. The molecule has 1 amide bonds. The number of amides is 1. The van der Waals surface area contributed by atoms with Crippen molar-refractivity contribution in [2.75, 3.05) is 6.79 Å². The van der Waals surface area contributed by atoms with Crippen LogP contribution >= 0.6 is 23.5 Å². The number of aliphatic imine (C=N–C) groups is 1. The molecule has 0 saturated carbocycles. The second-order valence-corrected chi connectivity index (χ2v) is 8.51. The first-order valence-corrected chi connectivity index (χ1v) is 10.2. The van der Waals surface area contributed by atoms with Gasteiger partial charge in [-0.1, -0.05) is 47.8 Å². The first-order valence-electron chi connectivity index (χ1n) is 8.31. The highest BCUT2D eigenvalue weighted by atomic mass is 32.2. The fourth-order valence-corrected chi connectivity index (χ4v) is 4.87. The molecule has 0 aromatic heterocycles. The third-order valence-corrected chi connectivity index (χ3v) is 6.40. The topological polar surface area (TPSA) is 59.9 Å². The number of carbonyl (C=O) groups is 1. The maximum Gasteiger partial charge on any atom is 0.233 e. The molecule has 0 aliphatic carbocycles. The summed E-state index contributed by atoms with van der Waals surface area (Å²) in [6.07, 6.45) is 0. The van der Waals surface area contributed by atoms with Gasteiger partial charge in [0.15, 0.2) is 11.5 Å². The van der Waals surface area contributed by atoms with E-state index in [0.29, 0.717) is 6.54 Å². The Morgan fingerprint density at radius 1 is 1.27 bits per heavy atom. The lowest BCUT2D eigenvalue weighted by molar-refractivity contribution is -0.120. The average molecular weight is 386 g/mol. The van der Waals surface area contributed by atoms with Crippen LogP contribution in [0.3, 0.4) is 0 Å². The summed E-state index contributed by atoms with van der Waals surface area (Å²) >= 11 is 3.19. The number of ether oxygens (including phenoxy) is 2. The number of benzene rings is 2. The predicted octanol–water partition coefficient (Wildman–Crippen LogP) is 4.09. The average Bonchev–Trinajstić information content (AvgIpc) is 3.13. The Labute approximate surface area is 160 Å². The molecular formula is C19H18N2O3S2. The molecule has 134 valence electrons. The van der Waals surface area contributed by atoms with E-state index in [1.807, 2.05) is 43.3 Å². The van der Waals surface area contributed by atoms with Crippen molar-refractivity contribution in [1.82, 2.24) is 5.32 Å². The van der Waals surface area contributed by atoms with E-state index in [1.165, 1.54) is 17.3 Å². The molecule has 7 heteroatoms. The number of rotatable bonds is 4. The predicted molar refractivity (Wildman–Crippen MR) is 106 cm³/mol. The van der Waals surface area contributed by atoms with Gasteiger partial charge in [-0.3, -0.25) is 4.79 Å². The Morgan fingerprint density at radius 3 is 3.04 bits per heavy atom. The van der Waals surface area contributed by atoms with Gasteiger partial charge in [0.1, 0.15) is 4.38 Å². The molecule has 0 unspecified atom stereocenters. The third-order valence-electron chi connectivity index (χ3n) is 4.11. The maximum atomic E-state index is 12.4. The zero-order chi connectivity index (χ0) is 17.9. The van der Waals surface area contributed by atoms with E-state index in [1.54, 1.807) is 11.8 Å². The lowest BCUT2D eigenvalue weighted by Gasteiger charge is -2.17. The minimum atomic E-state index is -0.208. The Bertz CT molecular complexity index is 870. The normalized spacial score (nSPS) is 15.8. The van der Waals surface area contributed by atoms with E-state index in [2.05, 4.69) is 16.4 Å². The van der Waals surface area contributed by atoms with Gasteiger partial charge in [-0.05, 0) is 36.2 Å². The summed E-state index contributed by atoms with van der Waals surface area (Å²) in [6, 6.07) is 13.8. The maximum absolute atomic E-state index is 12.4. The van der Waals surface area contributed by atoms with Gasteiger partial charge in [0, 0.05) is 12.3 Å². The minimum Gasteiger partial charge on any atom is -0.454 e. The molecule has 0 spiro atoms. The summed E-state index contributed by atoms with van der Waals surface area (Å²) in [4.78, 5) is 17.1. The largest absolute Gasteiger partial charge is 0.454 e. The molecule has 2 aliphatic rings. The molecule has 2 aliphatic heterocycles. The second-order valence-electron chi connectivity index (χ2n) is 5.96. The van der Waals surface area contributed by atoms with Crippen molar-refractivity contribution in [3.63, 3.8) is 0 Å². The molecule has 2 heterocycles. The van der Waals surface area contributed by atoms with Gasteiger partial charge in [0.2, 0.25) is 12.7 Å². The van der Waals surface area contributed by atoms with E-state index in [4.69, 9.17) is 9.47 Å². The van der Waals surface area contributed by atoms with Crippen LogP contribution in [0.4, 0.5) is 5.69 Å². The Morgan fingerprint density at radius 2 is 2.12 bits per heavy atom. The number of nitrogens with zero attached hydrogens (tertiary/aromatic N) is 1. The van der Waals surface area contributed by atoms with Gasteiger partial charge in [-0.25, -0.2) is 4.99 Å². The molecule has 26 heavy (non-hydrogen) atoms. The number of thioether (sulfide) groups is 2. The molecule has 0 bridgehead atoms. The lowest BCUT2D eigenvalue weighted by atomic mass is 10.2. The van der Waals surface area contributed by atoms with E-state index in [-0.39, 0.29) is 18.0 Å². The van der Waals surface area contributed by atoms with Crippen LogP contribution in [-0.2, 0) is 17.1 Å². The summed E-state index contributed by atoms with van der Waals surface area (Å²) in [5, 5.41) is 2.77. The SMILES string of the molecule is C[C@@H](SC1=Nc2ccccc2CS1)C(=O)NCc1ccc2c(c1)OCO2. The van der Waals surface area contributed by atoms with Gasteiger partial charge >= 0.3 is 0 Å². The Kier molecular flexibility index (Phi) is 5.08. The molecule has 4 rings (SSSR count). The minimum absolute atomic E-state index is 0.00479. The first kappa shape index (κ1) is 17.3. The summed E-state index contributed by atoms with van der Waals surface area (Å²) in [5.41, 5.74) is 3.22. The van der Waals surface area contributed by atoms with Gasteiger partial charge in [-0.2, -0.15) is 0 Å². The monoisotopic (exact) mass is 386 g/mol. The summed E-state index contributed by atoms with van der Waals surface area (Å²) in [6.45, 7) is 2.62. The Hall–Kier alpha value is -2.12. The third kappa shape index (κ3) is 3.83. The van der Waals surface area contributed by atoms with Crippen molar-refractivity contribution in [3.05, 3.63) is 53.6 Å². The molecule has 2 aromatic carbocycles. The van der Waals surface area contributed by atoms with Crippen molar-refractivity contribution in [2.24, 2.45) is 4.99 Å². The standard InChI is InChI=1S/C19H18N2O3S2/c1-12(26-19-21-15-5-3-2-4-14(15)10-25-19)18(22)20-9-13-6-7-16-17(8-13)24-11-23-16/h2-8,12H,9-11H2,1H3,(H,20,22)/t12-/m1/s1. The van der Waals surface area contributed by atoms with E-state index >= 15 is 0 Å². The zero-order valence-electron chi connectivity index (χ0n) is 14.2. The van der Waals surface area contributed by atoms with Crippen LogP contribution in [-0.4, -0.2) is 22.3 Å². The van der Waals surface area contributed by atoms with E-state index in [0.717, 1.165) is 32.9 Å². The van der Waals surface area contributed by atoms with Crippen molar-refractivity contribution >= 4 is 39.5 Å². The zero-order valence-corrected chi connectivity index (χ0v) is 15.9. The number of hydrogen-bond donors (Lipinski definition) is 1. The number of carbonyl (C=O) groups excluding carboxylic acids is 1. The van der Waals surface area contributed by atoms with Gasteiger partial charge in [0.25, 0.3) is 0 Å². The highest BCUT2D eigenvalue weighted by Crippen LogP contribution is 2.36. The fraction of sp³-hybridized carbons (Fsp3) is 0.263. The van der Waals surface area contributed by atoms with E-state index in [9.17, 15) is 4.79 Å². The molecule has 0 fully saturated rings. The molecular weight excluding hydrogens is 368 g/mol. The van der Waals surface area contributed by atoms with Crippen LogP contribution in [0.2, 0.25) is 0 Å². The number of nitrogens with one attached hydrogen (secondary N) is 1. The Balaban J connectivity index is 1.33. The highest BCUT2D eigenvalue weighted by molar-refractivity contribution is 8.39. The first-order chi connectivity index (χ1) is 12.7. The molecule has 2 aromatic rings. The highest BCUT2D eigenvalue weighted by Gasteiger charge is 2.20. The van der Waals surface area contributed by atoms with Crippen LogP contribution < -0.4 is 14.8 Å². The quantitative estimate of drug-likeness (QED) is 0.858. The molecule has 1 atom stereocenters. The lowest BCUT2D eigenvalue weighted by Crippen LogP contribution is -2.31. The molecule has 5 nitrogen and oxygen atoms in total. The molecule has 1 N–H and O–H groups in total. The second kappa shape index (κ2) is 7.63.